The van der Waals surface area contributed by atoms with Gasteiger partial charge in [-0.15, -0.1) is 5.10 Å². The number of H-pyrrole nitrogens is 1. The predicted octanol–water partition coefficient (Wildman–Crippen LogP) is 0.0531. The maximum absolute atomic E-state index is 13.3. The first kappa shape index (κ1) is 21.2. The van der Waals surface area contributed by atoms with Gasteiger partial charge >= 0.3 is 0 Å². The maximum Gasteiger partial charge on any atom is 0.242 e. The third-order valence-electron chi connectivity index (χ3n) is 8.00. The van der Waals surface area contributed by atoms with Crippen molar-refractivity contribution in [1.29, 1.82) is 5.26 Å². The number of nitrogens with zero attached hydrogens (tertiary/aromatic N) is 7. The summed E-state index contributed by atoms with van der Waals surface area (Å²) in [4.78, 5) is 32.0. The first-order valence-corrected chi connectivity index (χ1v) is 11.8. The number of aromatic amines is 1. The average Bonchev–Trinajstić information content (AvgIpc) is 3.28. The summed E-state index contributed by atoms with van der Waals surface area (Å²) >= 11 is 0. The van der Waals surface area contributed by atoms with Crippen molar-refractivity contribution in [3.63, 3.8) is 0 Å². The summed E-state index contributed by atoms with van der Waals surface area (Å²) in [6.45, 7) is 3.10. The van der Waals surface area contributed by atoms with Gasteiger partial charge in [0, 0.05) is 30.7 Å². The van der Waals surface area contributed by atoms with Crippen molar-refractivity contribution < 1.29 is 9.59 Å². The Morgan fingerprint density at radius 2 is 2.09 bits per heavy atom. The highest BCUT2D eigenvalue weighted by molar-refractivity contribution is 5.87. The lowest BCUT2D eigenvalue weighted by Gasteiger charge is -2.38. The molecular formula is C23H27N9O2. The molecule has 3 N–H and O–H groups in total. The largest absolute Gasteiger partial charge is 0.330 e. The molecule has 1 aromatic carbocycles. The molecule has 3 aliphatic heterocycles. The molecule has 11 heteroatoms. The van der Waals surface area contributed by atoms with Crippen LogP contribution in [0.4, 0.5) is 0 Å². The second kappa shape index (κ2) is 7.85. The number of benzene rings is 1. The molecule has 0 radical (unpaired) electrons. The molecule has 34 heavy (non-hydrogen) atoms. The zero-order valence-electron chi connectivity index (χ0n) is 18.9. The first-order valence-electron chi connectivity index (χ1n) is 11.8. The van der Waals surface area contributed by atoms with Crippen molar-refractivity contribution in [2.45, 2.75) is 62.4 Å². The van der Waals surface area contributed by atoms with Crippen LogP contribution >= 0.6 is 0 Å². The summed E-state index contributed by atoms with van der Waals surface area (Å²) in [5, 5.41) is 23.3. The van der Waals surface area contributed by atoms with E-state index in [0.29, 0.717) is 24.8 Å². The van der Waals surface area contributed by atoms with Gasteiger partial charge in [-0.2, -0.15) is 5.26 Å². The molecule has 11 nitrogen and oxygen atoms in total. The highest BCUT2D eigenvalue weighted by atomic mass is 16.2. The molecule has 4 heterocycles. The summed E-state index contributed by atoms with van der Waals surface area (Å²) < 4.78 is 0. The van der Waals surface area contributed by atoms with E-state index >= 15 is 0 Å². The Hall–Kier alpha value is -3.36. The monoisotopic (exact) mass is 461 g/mol. The first-order chi connectivity index (χ1) is 16.5. The van der Waals surface area contributed by atoms with Gasteiger partial charge in [-0.1, -0.05) is 24.3 Å². The van der Waals surface area contributed by atoms with Crippen LogP contribution in [0.2, 0.25) is 0 Å². The Morgan fingerprint density at radius 1 is 1.29 bits per heavy atom. The van der Waals surface area contributed by atoms with E-state index in [9.17, 15) is 14.9 Å². The standard InChI is InChI=1S/C23H27N9O2/c1-12(13-2-4-14(5-3-13)21-26-28-29-27-21)31-17-8-20(23(31)34)30(10-17)11-18(25)22(33)32-16(9-24)6-15-7-19(15)32/h2-5,12,15-20H,6-8,10-11,25H2,1H3,(H,26,27,28,29)/t12-,15+,16-,17-,18-,19-,20-/m0/s1. The third kappa shape index (κ3) is 3.28. The number of nitrogens with one attached hydrogen (secondary N) is 1. The molecule has 3 saturated heterocycles. The quantitative estimate of drug-likeness (QED) is 0.613. The number of hydrogen-bond donors (Lipinski definition) is 2. The Balaban J connectivity index is 1.10. The van der Waals surface area contributed by atoms with E-state index in [-0.39, 0.29) is 42.0 Å². The van der Waals surface area contributed by atoms with Gasteiger partial charge in [-0.3, -0.25) is 14.5 Å². The Kier molecular flexibility index (Phi) is 4.89. The molecule has 4 fully saturated rings. The normalized spacial score (nSPS) is 31.4. The number of likely N-dealkylation sites (tertiary alicyclic amines) is 3. The van der Waals surface area contributed by atoms with Crippen molar-refractivity contribution in [2.75, 3.05) is 13.1 Å². The summed E-state index contributed by atoms with van der Waals surface area (Å²) in [5.74, 6) is 0.996. The van der Waals surface area contributed by atoms with E-state index in [1.54, 1.807) is 4.90 Å². The van der Waals surface area contributed by atoms with Gasteiger partial charge in [0.15, 0.2) is 5.82 Å². The summed E-state index contributed by atoms with van der Waals surface area (Å²) in [6, 6.07) is 9.04. The lowest BCUT2D eigenvalue weighted by molar-refractivity contribution is -0.141. The maximum atomic E-state index is 13.3. The van der Waals surface area contributed by atoms with Crippen molar-refractivity contribution in [2.24, 2.45) is 11.7 Å². The van der Waals surface area contributed by atoms with Crippen LogP contribution in [0.3, 0.4) is 0 Å². The number of aromatic nitrogens is 4. The highest BCUT2D eigenvalue weighted by Crippen LogP contribution is 2.48. The molecule has 2 amide bonds. The van der Waals surface area contributed by atoms with E-state index in [1.165, 1.54) is 0 Å². The summed E-state index contributed by atoms with van der Waals surface area (Å²) in [7, 11) is 0. The van der Waals surface area contributed by atoms with E-state index in [2.05, 4.69) is 31.6 Å². The van der Waals surface area contributed by atoms with Crippen molar-refractivity contribution in [3.05, 3.63) is 29.8 Å². The number of piperidine rings is 1. The highest BCUT2D eigenvalue weighted by Gasteiger charge is 2.56. The number of hydrogen-bond acceptors (Lipinski definition) is 8. The molecule has 2 bridgehead atoms. The van der Waals surface area contributed by atoms with E-state index in [4.69, 9.17) is 5.73 Å². The lowest BCUT2D eigenvalue weighted by atomic mass is 10.0. The number of tetrazole rings is 1. The molecule has 1 saturated carbocycles. The molecule has 6 rings (SSSR count). The van der Waals surface area contributed by atoms with Gasteiger partial charge in [-0.25, -0.2) is 5.10 Å². The molecule has 0 spiro atoms. The number of carbonyl (C=O) groups excluding carboxylic acids is 2. The van der Waals surface area contributed by atoms with Gasteiger partial charge < -0.3 is 15.5 Å². The molecule has 4 aliphatic rings. The smallest absolute Gasteiger partial charge is 0.242 e. The van der Waals surface area contributed by atoms with Crippen molar-refractivity contribution >= 4 is 11.8 Å². The van der Waals surface area contributed by atoms with Crippen LogP contribution in [0, 0.1) is 17.2 Å². The Bertz CT molecular complexity index is 1140. The number of nitrogens with two attached hydrogens (primary N) is 1. The number of amides is 2. The van der Waals surface area contributed by atoms with Crippen LogP contribution < -0.4 is 5.73 Å². The predicted molar refractivity (Wildman–Crippen MR) is 119 cm³/mol. The second-order valence-electron chi connectivity index (χ2n) is 9.95. The minimum Gasteiger partial charge on any atom is -0.330 e. The van der Waals surface area contributed by atoms with Crippen LogP contribution in [0.5, 0.6) is 0 Å². The number of piperazine rings is 1. The van der Waals surface area contributed by atoms with Gasteiger partial charge in [0.1, 0.15) is 6.04 Å². The van der Waals surface area contributed by atoms with E-state index in [0.717, 1.165) is 30.4 Å². The fourth-order valence-corrected chi connectivity index (χ4v) is 6.17. The Labute approximate surface area is 196 Å². The van der Waals surface area contributed by atoms with E-state index < -0.39 is 6.04 Å². The van der Waals surface area contributed by atoms with E-state index in [1.807, 2.05) is 36.1 Å². The minimum absolute atomic E-state index is 0.0605. The third-order valence-corrected chi connectivity index (χ3v) is 8.00. The molecular weight excluding hydrogens is 434 g/mol. The number of rotatable bonds is 6. The fourth-order valence-electron chi connectivity index (χ4n) is 6.17. The minimum atomic E-state index is -0.716. The molecule has 7 atom stereocenters. The van der Waals surface area contributed by atoms with Crippen molar-refractivity contribution in [3.8, 4) is 17.5 Å². The Morgan fingerprint density at radius 3 is 2.76 bits per heavy atom. The molecule has 2 aromatic rings. The zero-order chi connectivity index (χ0) is 23.6. The van der Waals surface area contributed by atoms with Gasteiger partial charge in [-0.05, 0) is 48.1 Å². The van der Waals surface area contributed by atoms with Gasteiger partial charge in [0.25, 0.3) is 0 Å². The molecule has 176 valence electrons. The fraction of sp³-hybridized carbons (Fsp3) is 0.565. The zero-order valence-corrected chi connectivity index (χ0v) is 18.9. The second-order valence-corrected chi connectivity index (χ2v) is 9.95. The average molecular weight is 462 g/mol. The lowest BCUT2D eigenvalue weighted by Crippen LogP contribution is -2.57. The number of carbonyl (C=O) groups is 2. The van der Waals surface area contributed by atoms with Gasteiger partial charge in [0.2, 0.25) is 11.8 Å². The number of nitriles is 1. The van der Waals surface area contributed by atoms with Gasteiger partial charge in [0.05, 0.1) is 24.2 Å². The van der Waals surface area contributed by atoms with Crippen LogP contribution in [-0.2, 0) is 9.59 Å². The SMILES string of the molecule is C[C@@H](c1ccc(-c2nnn[nH]2)cc1)N1C(=O)[C@@H]2C[C@H]1CN2C[C@H](N)C(=O)N1[C@H](C#N)C[C@@H]2C[C@@H]21. The molecule has 0 unspecified atom stereocenters. The van der Waals surface area contributed by atoms with Crippen molar-refractivity contribution in [1.82, 2.24) is 35.3 Å². The van der Waals surface area contributed by atoms with Crippen LogP contribution in [0.25, 0.3) is 11.4 Å². The topological polar surface area (TPSA) is 148 Å². The van der Waals surface area contributed by atoms with Crippen LogP contribution in [0.1, 0.15) is 37.8 Å². The number of fused-ring (bicyclic) bond motifs is 3. The summed E-state index contributed by atoms with van der Waals surface area (Å²) in [5.41, 5.74) is 8.24. The molecule has 1 aromatic heterocycles. The summed E-state index contributed by atoms with van der Waals surface area (Å²) in [6.07, 6.45) is 2.49. The van der Waals surface area contributed by atoms with Crippen LogP contribution in [-0.4, -0.2) is 90.4 Å². The molecule has 1 aliphatic carbocycles. The van der Waals surface area contributed by atoms with Crippen LogP contribution in [0.15, 0.2) is 24.3 Å².